The van der Waals surface area contributed by atoms with Crippen LogP contribution in [0.4, 0.5) is 11.6 Å². The van der Waals surface area contributed by atoms with Gasteiger partial charge >= 0.3 is 11.8 Å². The van der Waals surface area contributed by atoms with Gasteiger partial charge < -0.3 is 14.5 Å². The molecule has 0 bridgehead atoms. The van der Waals surface area contributed by atoms with Crippen LogP contribution in [0.5, 0.6) is 5.75 Å². The highest BCUT2D eigenvalue weighted by molar-refractivity contribution is 6.39. The minimum absolute atomic E-state index is 0.154. The lowest BCUT2D eigenvalue weighted by Gasteiger charge is -2.36. The molecule has 1 aliphatic heterocycles. The number of H-pyrrole nitrogens is 1. The molecule has 0 unspecified atom stereocenters. The lowest BCUT2D eigenvalue weighted by Crippen LogP contribution is -2.51. The molecule has 0 saturated carbocycles. The van der Waals surface area contributed by atoms with E-state index in [9.17, 15) is 9.59 Å². The molecule has 1 fully saturated rings. The normalized spacial score (nSPS) is 14.4. The van der Waals surface area contributed by atoms with E-state index in [4.69, 9.17) is 4.74 Å². The first-order valence-corrected chi connectivity index (χ1v) is 7.52. The number of aromatic amines is 1. The molecule has 2 aromatic rings. The van der Waals surface area contributed by atoms with Crippen molar-refractivity contribution in [1.82, 2.24) is 20.1 Å². The van der Waals surface area contributed by atoms with Crippen molar-refractivity contribution in [2.45, 2.75) is 0 Å². The second-order valence-electron chi connectivity index (χ2n) is 5.24. The van der Waals surface area contributed by atoms with Gasteiger partial charge in [0.05, 0.1) is 12.8 Å². The number of aromatic nitrogens is 3. The van der Waals surface area contributed by atoms with E-state index in [0.29, 0.717) is 26.2 Å². The largest absolute Gasteiger partial charge is 0.495 e. The van der Waals surface area contributed by atoms with Crippen LogP contribution in [-0.4, -0.2) is 65.2 Å². The summed E-state index contributed by atoms with van der Waals surface area (Å²) < 4.78 is 5.37. The number of nitrogens with one attached hydrogen (secondary N) is 2. The van der Waals surface area contributed by atoms with Gasteiger partial charge in [-0.2, -0.15) is 10.1 Å². The van der Waals surface area contributed by atoms with Crippen LogP contribution in [0.3, 0.4) is 0 Å². The molecule has 24 heavy (non-hydrogen) atoms. The molecule has 1 aromatic heterocycles. The van der Waals surface area contributed by atoms with Crippen LogP contribution in [-0.2, 0) is 9.59 Å². The lowest BCUT2D eigenvalue weighted by molar-refractivity contribution is -0.143. The van der Waals surface area contributed by atoms with Crippen molar-refractivity contribution in [2.24, 2.45) is 0 Å². The van der Waals surface area contributed by atoms with E-state index < -0.39 is 11.8 Å². The first-order chi connectivity index (χ1) is 11.7. The summed E-state index contributed by atoms with van der Waals surface area (Å²) in [5.74, 6) is -0.357. The van der Waals surface area contributed by atoms with Crippen molar-refractivity contribution >= 4 is 23.5 Å². The summed E-state index contributed by atoms with van der Waals surface area (Å²) in [5, 5.41) is 8.48. The summed E-state index contributed by atoms with van der Waals surface area (Å²) in [7, 11) is 1.63. The number of anilines is 2. The van der Waals surface area contributed by atoms with Crippen LogP contribution >= 0.6 is 0 Å². The molecule has 0 radical (unpaired) electrons. The zero-order valence-corrected chi connectivity index (χ0v) is 13.2. The fourth-order valence-corrected chi connectivity index (χ4v) is 2.61. The molecular weight excluding hydrogens is 312 g/mol. The third-order valence-corrected chi connectivity index (χ3v) is 3.83. The molecule has 0 aliphatic carbocycles. The smallest absolute Gasteiger partial charge is 0.316 e. The van der Waals surface area contributed by atoms with Crippen LogP contribution in [0.15, 0.2) is 30.6 Å². The number of rotatable bonds is 3. The highest BCUT2D eigenvalue weighted by Crippen LogP contribution is 2.28. The lowest BCUT2D eigenvalue weighted by atomic mass is 10.2. The van der Waals surface area contributed by atoms with Gasteiger partial charge in [0, 0.05) is 26.2 Å². The van der Waals surface area contributed by atoms with Crippen LogP contribution < -0.4 is 15.0 Å². The Balaban J connectivity index is 1.58. The number of carbonyl (C=O) groups excluding carboxylic acids is 2. The minimum Gasteiger partial charge on any atom is -0.495 e. The Bertz CT molecular complexity index is 710. The summed E-state index contributed by atoms with van der Waals surface area (Å²) in [6.45, 7) is 2.17. The Morgan fingerprint density at radius 1 is 1.21 bits per heavy atom. The zero-order valence-electron chi connectivity index (χ0n) is 13.2. The van der Waals surface area contributed by atoms with E-state index in [-0.39, 0.29) is 5.95 Å². The third-order valence-electron chi connectivity index (χ3n) is 3.83. The molecular formula is C15H18N6O3. The second-order valence-corrected chi connectivity index (χ2v) is 5.24. The van der Waals surface area contributed by atoms with Gasteiger partial charge in [0.2, 0.25) is 5.95 Å². The molecule has 0 atom stereocenters. The second kappa shape index (κ2) is 6.99. The van der Waals surface area contributed by atoms with Gasteiger partial charge in [0.1, 0.15) is 12.1 Å². The Kier molecular flexibility index (Phi) is 4.59. The van der Waals surface area contributed by atoms with E-state index in [1.807, 2.05) is 24.3 Å². The molecule has 1 saturated heterocycles. The number of carbonyl (C=O) groups is 2. The summed E-state index contributed by atoms with van der Waals surface area (Å²) in [5.41, 5.74) is 0.984. The van der Waals surface area contributed by atoms with Crippen molar-refractivity contribution in [3.8, 4) is 5.75 Å². The topological polar surface area (TPSA) is 103 Å². The van der Waals surface area contributed by atoms with Crippen LogP contribution in [0.25, 0.3) is 0 Å². The third kappa shape index (κ3) is 3.29. The van der Waals surface area contributed by atoms with Gasteiger partial charge in [-0.15, -0.1) is 0 Å². The summed E-state index contributed by atoms with van der Waals surface area (Å²) in [6.07, 6.45) is 1.26. The van der Waals surface area contributed by atoms with Crippen LogP contribution in [0.2, 0.25) is 0 Å². The Morgan fingerprint density at radius 3 is 2.62 bits per heavy atom. The molecule has 3 rings (SSSR count). The van der Waals surface area contributed by atoms with Crippen LogP contribution in [0, 0.1) is 0 Å². The number of ether oxygens (including phenoxy) is 1. The summed E-state index contributed by atoms with van der Waals surface area (Å²) >= 11 is 0. The fraction of sp³-hybridized carbons (Fsp3) is 0.333. The predicted molar refractivity (Wildman–Crippen MR) is 86.8 cm³/mol. The van der Waals surface area contributed by atoms with E-state index in [1.165, 1.54) is 11.2 Å². The van der Waals surface area contributed by atoms with Gasteiger partial charge in [-0.1, -0.05) is 12.1 Å². The quantitative estimate of drug-likeness (QED) is 0.774. The number of nitrogens with zero attached hydrogens (tertiary/aromatic N) is 4. The molecule has 9 nitrogen and oxygen atoms in total. The molecule has 1 aliphatic rings. The van der Waals surface area contributed by atoms with Gasteiger partial charge in [0.15, 0.2) is 0 Å². The zero-order chi connectivity index (χ0) is 16.9. The van der Waals surface area contributed by atoms with E-state index in [0.717, 1.165) is 11.4 Å². The van der Waals surface area contributed by atoms with Gasteiger partial charge in [-0.3, -0.25) is 14.9 Å². The molecule has 0 spiro atoms. The minimum atomic E-state index is -0.725. The number of para-hydroxylation sites is 2. The Morgan fingerprint density at radius 2 is 1.96 bits per heavy atom. The standard InChI is InChI=1S/C15H18N6O3/c1-24-12-5-3-2-4-11(12)20-6-8-21(9-7-20)14(23)13(22)18-15-16-10-17-19-15/h2-5,10H,6-9H2,1H3,(H2,16,17,18,19,22). The summed E-state index contributed by atoms with van der Waals surface area (Å²) in [6, 6.07) is 7.74. The number of hydrogen-bond donors (Lipinski definition) is 2. The highest BCUT2D eigenvalue weighted by atomic mass is 16.5. The number of piperazine rings is 1. The maximum Gasteiger partial charge on any atom is 0.316 e. The Labute approximate surface area is 138 Å². The summed E-state index contributed by atoms with van der Waals surface area (Å²) in [4.78, 5) is 31.6. The van der Waals surface area contributed by atoms with Gasteiger partial charge in [-0.25, -0.2) is 5.10 Å². The maximum absolute atomic E-state index is 12.2. The Hall–Kier alpha value is -3.10. The van der Waals surface area contributed by atoms with E-state index in [2.05, 4.69) is 25.4 Å². The number of benzene rings is 1. The van der Waals surface area contributed by atoms with Crippen molar-refractivity contribution in [3.05, 3.63) is 30.6 Å². The average Bonchev–Trinajstić information content (AvgIpc) is 3.14. The molecule has 2 N–H and O–H groups in total. The fourth-order valence-electron chi connectivity index (χ4n) is 2.61. The molecule has 2 amide bonds. The molecule has 9 heteroatoms. The molecule has 2 heterocycles. The van der Waals surface area contributed by atoms with Crippen LogP contribution in [0.1, 0.15) is 0 Å². The van der Waals surface area contributed by atoms with Crippen molar-refractivity contribution in [1.29, 1.82) is 0 Å². The molecule has 126 valence electrons. The van der Waals surface area contributed by atoms with Crippen molar-refractivity contribution < 1.29 is 14.3 Å². The van der Waals surface area contributed by atoms with Crippen molar-refractivity contribution in [2.75, 3.05) is 43.5 Å². The van der Waals surface area contributed by atoms with Gasteiger partial charge in [0.25, 0.3) is 0 Å². The highest BCUT2D eigenvalue weighted by Gasteiger charge is 2.27. The molecule has 1 aromatic carbocycles. The van der Waals surface area contributed by atoms with E-state index >= 15 is 0 Å². The predicted octanol–water partition coefficient (Wildman–Crippen LogP) is 0.101. The number of amides is 2. The maximum atomic E-state index is 12.2. The number of methoxy groups -OCH3 is 1. The SMILES string of the molecule is COc1ccccc1N1CCN(C(=O)C(=O)Nc2ncn[nH]2)CC1. The number of hydrogen-bond acceptors (Lipinski definition) is 6. The first-order valence-electron chi connectivity index (χ1n) is 7.52. The monoisotopic (exact) mass is 330 g/mol. The van der Waals surface area contributed by atoms with Gasteiger partial charge in [-0.05, 0) is 12.1 Å². The first kappa shape index (κ1) is 15.8. The van der Waals surface area contributed by atoms with E-state index in [1.54, 1.807) is 7.11 Å². The average molecular weight is 330 g/mol. The van der Waals surface area contributed by atoms with Crippen molar-refractivity contribution in [3.63, 3.8) is 0 Å².